The fraction of sp³-hybridized carbons (Fsp3) is 0.308. The van der Waals surface area contributed by atoms with Crippen molar-refractivity contribution in [2.24, 2.45) is 12.8 Å². The SMILES string of the molecule is Cc1nn(C)c(C)c1S(=O)(=O)N1CCC(c2c[nH]c3c(C(N)=O)cc(-c4ccccc4)cc23)CC1. The molecule has 0 atom stereocenters. The lowest BCUT2D eigenvalue weighted by molar-refractivity contribution is 0.100. The highest BCUT2D eigenvalue weighted by Crippen LogP contribution is 2.38. The molecule has 1 fully saturated rings. The van der Waals surface area contributed by atoms with Crippen molar-refractivity contribution in [2.75, 3.05) is 13.1 Å². The quantitative estimate of drug-likeness (QED) is 0.441. The van der Waals surface area contributed by atoms with Gasteiger partial charge in [-0.1, -0.05) is 30.3 Å². The molecule has 9 heteroatoms. The summed E-state index contributed by atoms with van der Waals surface area (Å²) in [6.07, 6.45) is 3.31. The second-order valence-corrected chi connectivity index (χ2v) is 11.1. The third kappa shape index (κ3) is 3.94. The summed E-state index contributed by atoms with van der Waals surface area (Å²) in [5.74, 6) is -0.317. The minimum atomic E-state index is -3.62. The Morgan fingerprint density at radius 2 is 1.77 bits per heavy atom. The number of sulfonamides is 1. The molecule has 0 spiro atoms. The van der Waals surface area contributed by atoms with Gasteiger partial charge in [0.05, 0.1) is 22.5 Å². The molecule has 4 aromatic rings. The van der Waals surface area contributed by atoms with Gasteiger partial charge in [0.15, 0.2) is 0 Å². The zero-order valence-corrected chi connectivity index (χ0v) is 20.9. The molecule has 35 heavy (non-hydrogen) atoms. The summed E-state index contributed by atoms with van der Waals surface area (Å²) in [6.45, 7) is 4.37. The molecule has 0 radical (unpaired) electrons. The van der Waals surface area contributed by atoms with E-state index in [0.29, 0.717) is 47.8 Å². The molecular weight excluding hydrogens is 462 g/mol. The Morgan fingerprint density at radius 3 is 2.37 bits per heavy atom. The van der Waals surface area contributed by atoms with Crippen molar-refractivity contribution in [3.8, 4) is 11.1 Å². The maximum atomic E-state index is 13.4. The van der Waals surface area contributed by atoms with E-state index in [0.717, 1.165) is 27.6 Å². The van der Waals surface area contributed by atoms with E-state index in [1.54, 1.807) is 29.9 Å². The van der Waals surface area contributed by atoms with Crippen LogP contribution in [0.1, 0.15) is 46.1 Å². The Balaban J connectivity index is 1.46. The molecule has 0 saturated carbocycles. The first kappa shape index (κ1) is 23.3. The number of hydrogen-bond acceptors (Lipinski definition) is 4. The number of H-pyrrole nitrogens is 1. The molecule has 3 heterocycles. The van der Waals surface area contributed by atoms with E-state index in [2.05, 4.69) is 16.1 Å². The van der Waals surface area contributed by atoms with Gasteiger partial charge >= 0.3 is 0 Å². The third-order valence-electron chi connectivity index (χ3n) is 7.13. The van der Waals surface area contributed by atoms with Crippen LogP contribution in [0.5, 0.6) is 0 Å². The number of piperidine rings is 1. The first-order chi connectivity index (χ1) is 16.7. The fourth-order valence-corrected chi connectivity index (χ4v) is 7.12. The topological polar surface area (TPSA) is 114 Å². The van der Waals surface area contributed by atoms with Gasteiger partial charge in [0.1, 0.15) is 4.90 Å². The lowest BCUT2D eigenvalue weighted by atomic mass is 9.88. The van der Waals surface area contributed by atoms with Crippen molar-refractivity contribution in [3.63, 3.8) is 0 Å². The van der Waals surface area contributed by atoms with Crippen molar-refractivity contribution in [1.82, 2.24) is 19.1 Å². The zero-order valence-electron chi connectivity index (χ0n) is 20.1. The maximum Gasteiger partial charge on any atom is 0.250 e. The first-order valence-electron chi connectivity index (χ1n) is 11.7. The number of aryl methyl sites for hydroxylation is 2. The monoisotopic (exact) mass is 491 g/mol. The van der Waals surface area contributed by atoms with Gasteiger partial charge in [0.25, 0.3) is 5.91 Å². The summed E-state index contributed by atoms with van der Waals surface area (Å²) < 4.78 is 29.9. The third-order valence-corrected chi connectivity index (χ3v) is 9.28. The van der Waals surface area contributed by atoms with Crippen LogP contribution in [0.2, 0.25) is 0 Å². The second-order valence-electron chi connectivity index (χ2n) is 9.22. The van der Waals surface area contributed by atoms with Gasteiger partial charge < -0.3 is 10.7 Å². The molecule has 182 valence electrons. The van der Waals surface area contributed by atoms with Gasteiger partial charge in [-0.2, -0.15) is 9.40 Å². The summed E-state index contributed by atoms with van der Waals surface area (Å²) >= 11 is 0. The number of rotatable bonds is 5. The first-order valence-corrected chi connectivity index (χ1v) is 13.1. The number of nitrogens with two attached hydrogens (primary N) is 1. The molecule has 1 aliphatic heterocycles. The molecule has 8 nitrogen and oxygen atoms in total. The molecule has 0 aliphatic carbocycles. The van der Waals surface area contributed by atoms with E-state index < -0.39 is 15.9 Å². The molecule has 1 saturated heterocycles. The number of primary amides is 1. The van der Waals surface area contributed by atoms with Crippen LogP contribution in [0, 0.1) is 13.8 Å². The number of carbonyl (C=O) groups excluding carboxylic acids is 1. The molecular formula is C26H29N5O3S. The highest BCUT2D eigenvalue weighted by molar-refractivity contribution is 7.89. The van der Waals surface area contributed by atoms with Crippen LogP contribution in [0.25, 0.3) is 22.0 Å². The van der Waals surface area contributed by atoms with E-state index in [1.807, 2.05) is 42.6 Å². The van der Waals surface area contributed by atoms with Crippen molar-refractivity contribution in [3.05, 3.63) is 71.2 Å². The van der Waals surface area contributed by atoms with E-state index in [-0.39, 0.29) is 5.92 Å². The number of fused-ring (bicyclic) bond motifs is 1. The predicted molar refractivity (Wildman–Crippen MR) is 136 cm³/mol. The maximum absolute atomic E-state index is 13.4. The average Bonchev–Trinajstić information content (AvgIpc) is 3.38. The van der Waals surface area contributed by atoms with Gasteiger partial charge in [0.2, 0.25) is 10.0 Å². The normalized spacial score (nSPS) is 15.6. The number of nitrogens with zero attached hydrogens (tertiary/aromatic N) is 3. The number of aromatic nitrogens is 3. The molecule has 2 aromatic heterocycles. The van der Waals surface area contributed by atoms with Crippen LogP contribution >= 0.6 is 0 Å². The number of nitrogens with one attached hydrogen (secondary N) is 1. The highest BCUT2D eigenvalue weighted by atomic mass is 32.2. The summed E-state index contributed by atoms with van der Waals surface area (Å²) in [5, 5.41) is 5.24. The van der Waals surface area contributed by atoms with Gasteiger partial charge in [-0.15, -0.1) is 0 Å². The van der Waals surface area contributed by atoms with E-state index in [1.165, 1.54) is 0 Å². The number of benzene rings is 2. The minimum absolute atomic E-state index is 0.165. The summed E-state index contributed by atoms with van der Waals surface area (Å²) in [6, 6.07) is 13.8. The standard InChI is InChI=1S/C26H29N5O3S/c1-16-25(17(2)30(3)29-16)35(33,34)31-11-9-19(10-12-31)23-15-28-24-21(23)13-20(14-22(24)26(27)32)18-7-5-4-6-8-18/h4-8,13-15,19,28H,9-12H2,1-3H3,(H2,27,32). The molecule has 1 aliphatic rings. The number of carbonyl (C=O) groups is 1. The Labute approximate surface area is 204 Å². The second kappa shape index (κ2) is 8.66. The van der Waals surface area contributed by atoms with Gasteiger partial charge in [-0.25, -0.2) is 8.42 Å². The number of amides is 1. The fourth-order valence-electron chi connectivity index (χ4n) is 5.25. The van der Waals surface area contributed by atoms with Crippen molar-refractivity contribution in [1.29, 1.82) is 0 Å². The number of aromatic amines is 1. The summed E-state index contributed by atoms with van der Waals surface area (Å²) in [5.41, 5.74) is 11.1. The van der Waals surface area contributed by atoms with Gasteiger partial charge in [-0.05, 0) is 61.4 Å². The van der Waals surface area contributed by atoms with E-state index in [9.17, 15) is 13.2 Å². The molecule has 3 N–H and O–H groups in total. The molecule has 1 amide bonds. The lowest BCUT2D eigenvalue weighted by Gasteiger charge is -2.31. The van der Waals surface area contributed by atoms with Gasteiger partial charge in [-0.3, -0.25) is 9.48 Å². The molecule has 2 aromatic carbocycles. The lowest BCUT2D eigenvalue weighted by Crippen LogP contribution is -2.38. The van der Waals surface area contributed by atoms with Crippen LogP contribution in [0.15, 0.2) is 53.6 Å². The Hall–Kier alpha value is -3.43. The van der Waals surface area contributed by atoms with Crippen LogP contribution in [-0.2, 0) is 17.1 Å². The zero-order chi connectivity index (χ0) is 24.9. The van der Waals surface area contributed by atoms with Crippen LogP contribution in [0.4, 0.5) is 0 Å². The Morgan fingerprint density at radius 1 is 1.09 bits per heavy atom. The van der Waals surface area contributed by atoms with E-state index >= 15 is 0 Å². The van der Waals surface area contributed by atoms with Crippen LogP contribution < -0.4 is 5.73 Å². The Kier molecular flexibility index (Phi) is 5.77. The predicted octanol–water partition coefficient (Wildman–Crippen LogP) is 3.85. The van der Waals surface area contributed by atoms with E-state index in [4.69, 9.17) is 5.73 Å². The molecule has 5 rings (SSSR count). The van der Waals surface area contributed by atoms with Crippen molar-refractivity contribution >= 4 is 26.8 Å². The van der Waals surface area contributed by atoms with Crippen LogP contribution in [0.3, 0.4) is 0 Å². The highest BCUT2D eigenvalue weighted by Gasteiger charge is 2.34. The minimum Gasteiger partial charge on any atom is -0.366 e. The summed E-state index contributed by atoms with van der Waals surface area (Å²) in [4.78, 5) is 15.8. The Bertz CT molecular complexity index is 1530. The smallest absolute Gasteiger partial charge is 0.250 e. The van der Waals surface area contributed by atoms with Crippen LogP contribution in [-0.4, -0.2) is 46.5 Å². The average molecular weight is 492 g/mol. The number of hydrogen-bond donors (Lipinski definition) is 2. The largest absolute Gasteiger partial charge is 0.366 e. The van der Waals surface area contributed by atoms with Crippen molar-refractivity contribution < 1.29 is 13.2 Å². The van der Waals surface area contributed by atoms with Gasteiger partial charge in [0, 0.05) is 31.7 Å². The van der Waals surface area contributed by atoms with Crippen molar-refractivity contribution in [2.45, 2.75) is 37.5 Å². The molecule has 0 bridgehead atoms. The summed E-state index contributed by atoms with van der Waals surface area (Å²) in [7, 11) is -1.86. The molecule has 0 unspecified atom stereocenters.